The number of hydrogen-bond acceptors (Lipinski definition) is 3. The third kappa shape index (κ3) is 5.21. The highest BCUT2D eigenvalue weighted by molar-refractivity contribution is 5.94. The molecule has 0 radical (unpaired) electrons. The topological polar surface area (TPSA) is 43.9 Å². The van der Waals surface area contributed by atoms with Gasteiger partial charge in [0.25, 0.3) is 5.91 Å². The van der Waals surface area contributed by atoms with Gasteiger partial charge in [0.1, 0.15) is 5.82 Å². The van der Waals surface area contributed by atoms with E-state index in [1.54, 1.807) is 12.1 Å². The second-order valence-electron chi connectivity index (χ2n) is 10.2. The Morgan fingerprint density at radius 3 is 2.00 bits per heavy atom. The normalized spacial score (nSPS) is 17.9. The molecule has 0 unspecified atom stereocenters. The first-order valence-corrected chi connectivity index (χ1v) is 11.9. The van der Waals surface area contributed by atoms with E-state index in [1.807, 2.05) is 45.0 Å². The summed E-state index contributed by atoms with van der Waals surface area (Å²) < 4.78 is 14.1. The monoisotopic (exact) mass is 451 g/mol. The summed E-state index contributed by atoms with van der Waals surface area (Å²) in [5, 5.41) is 0. The van der Waals surface area contributed by atoms with Crippen molar-refractivity contribution in [2.45, 2.75) is 39.0 Å². The van der Waals surface area contributed by atoms with Gasteiger partial charge in [-0.3, -0.25) is 9.59 Å². The van der Waals surface area contributed by atoms with Gasteiger partial charge >= 0.3 is 0 Å². The number of rotatable bonds is 3. The van der Waals surface area contributed by atoms with E-state index in [0.29, 0.717) is 63.4 Å². The van der Waals surface area contributed by atoms with Gasteiger partial charge in [0.15, 0.2) is 0 Å². The molecule has 2 fully saturated rings. The zero-order valence-electron chi connectivity index (χ0n) is 19.9. The summed E-state index contributed by atoms with van der Waals surface area (Å²) in [7, 11) is 0. The molecule has 0 spiro atoms. The Balaban J connectivity index is 1.28. The first kappa shape index (κ1) is 23.3. The first-order valence-electron chi connectivity index (χ1n) is 11.9. The summed E-state index contributed by atoms with van der Waals surface area (Å²) >= 11 is 0. The standard InChI is InChI=1S/C27H34FN3O2/c1-27(2,3)22-10-8-20(9-11-22)25(32)30-14-12-21(13-15-30)26(33)31-18-16-29(17-19-31)24-7-5-4-6-23(24)28/h4-11,21H,12-19H2,1-3H3. The number of carbonyl (C=O) groups is 2. The fraction of sp³-hybridized carbons (Fsp3) is 0.481. The quantitative estimate of drug-likeness (QED) is 0.698. The van der Waals surface area contributed by atoms with Crippen LogP contribution < -0.4 is 4.90 Å². The minimum Gasteiger partial charge on any atom is -0.366 e. The Morgan fingerprint density at radius 1 is 0.818 bits per heavy atom. The number of hydrogen-bond donors (Lipinski definition) is 0. The van der Waals surface area contributed by atoms with E-state index in [1.165, 1.54) is 11.6 Å². The fourth-order valence-electron chi connectivity index (χ4n) is 4.76. The van der Waals surface area contributed by atoms with Crippen LogP contribution in [0.3, 0.4) is 0 Å². The van der Waals surface area contributed by atoms with Crippen molar-refractivity contribution < 1.29 is 14.0 Å². The first-order chi connectivity index (χ1) is 15.7. The third-order valence-corrected chi connectivity index (χ3v) is 6.91. The van der Waals surface area contributed by atoms with Gasteiger partial charge in [0.2, 0.25) is 5.91 Å². The molecule has 0 bridgehead atoms. The lowest BCUT2D eigenvalue weighted by Crippen LogP contribution is -2.52. The summed E-state index contributed by atoms with van der Waals surface area (Å²) in [4.78, 5) is 31.8. The molecule has 2 amide bonds. The molecule has 5 nitrogen and oxygen atoms in total. The molecule has 0 saturated carbocycles. The lowest BCUT2D eigenvalue weighted by Gasteiger charge is -2.39. The van der Waals surface area contributed by atoms with Crippen LogP contribution in [0.2, 0.25) is 0 Å². The van der Waals surface area contributed by atoms with Crippen molar-refractivity contribution in [3.8, 4) is 0 Å². The van der Waals surface area contributed by atoms with Gasteiger partial charge in [-0.05, 0) is 48.1 Å². The molecule has 2 aliphatic heterocycles. The van der Waals surface area contributed by atoms with E-state index in [4.69, 9.17) is 0 Å². The average molecular weight is 452 g/mol. The van der Waals surface area contributed by atoms with Crippen LogP contribution in [0.4, 0.5) is 10.1 Å². The molecule has 0 atom stereocenters. The molecule has 2 aromatic carbocycles. The van der Waals surface area contributed by atoms with E-state index < -0.39 is 0 Å². The molecule has 176 valence electrons. The molecule has 4 rings (SSSR count). The molecule has 6 heteroatoms. The molecule has 2 heterocycles. The highest BCUT2D eigenvalue weighted by atomic mass is 19.1. The molecular formula is C27H34FN3O2. The molecular weight excluding hydrogens is 417 g/mol. The number of carbonyl (C=O) groups excluding carboxylic acids is 2. The highest BCUT2D eigenvalue weighted by Gasteiger charge is 2.32. The number of para-hydroxylation sites is 1. The van der Waals surface area contributed by atoms with Crippen LogP contribution in [0, 0.1) is 11.7 Å². The summed E-state index contributed by atoms with van der Waals surface area (Å²) in [6.45, 7) is 10.2. The number of anilines is 1. The van der Waals surface area contributed by atoms with E-state index >= 15 is 0 Å². The van der Waals surface area contributed by atoms with Gasteiger partial charge in [0, 0.05) is 50.7 Å². The lowest BCUT2D eigenvalue weighted by molar-refractivity contribution is -0.137. The second-order valence-corrected chi connectivity index (χ2v) is 10.2. The van der Waals surface area contributed by atoms with Crippen molar-refractivity contribution in [3.05, 3.63) is 65.5 Å². The summed E-state index contributed by atoms with van der Waals surface area (Å²) in [6.07, 6.45) is 1.39. The van der Waals surface area contributed by atoms with Crippen molar-refractivity contribution >= 4 is 17.5 Å². The maximum atomic E-state index is 14.1. The number of benzene rings is 2. The molecule has 0 N–H and O–H groups in total. The Labute approximate surface area is 196 Å². The van der Waals surface area contributed by atoms with Crippen LogP contribution in [0.25, 0.3) is 0 Å². The van der Waals surface area contributed by atoms with Gasteiger partial charge < -0.3 is 14.7 Å². The van der Waals surface area contributed by atoms with Crippen molar-refractivity contribution in [1.29, 1.82) is 0 Å². The largest absolute Gasteiger partial charge is 0.366 e. The van der Waals surface area contributed by atoms with Crippen LogP contribution in [-0.4, -0.2) is 60.9 Å². The number of amides is 2. The molecule has 2 saturated heterocycles. The van der Waals surface area contributed by atoms with Crippen LogP contribution in [0.5, 0.6) is 0 Å². The predicted molar refractivity (Wildman–Crippen MR) is 129 cm³/mol. The van der Waals surface area contributed by atoms with Gasteiger partial charge in [-0.25, -0.2) is 4.39 Å². The van der Waals surface area contributed by atoms with Crippen molar-refractivity contribution in [1.82, 2.24) is 9.80 Å². The fourth-order valence-corrected chi connectivity index (χ4v) is 4.76. The van der Waals surface area contributed by atoms with Crippen molar-refractivity contribution in [2.75, 3.05) is 44.2 Å². The zero-order chi connectivity index (χ0) is 23.6. The third-order valence-electron chi connectivity index (χ3n) is 6.91. The van der Waals surface area contributed by atoms with E-state index in [0.717, 1.165) is 0 Å². The summed E-state index contributed by atoms with van der Waals surface area (Å²) in [6, 6.07) is 14.7. The number of piperazine rings is 1. The Kier molecular flexibility index (Phi) is 6.73. The molecule has 2 aromatic rings. The Bertz CT molecular complexity index is 983. The number of piperidine rings is 1. The van der Waals surface area contributed by atoms with Gasteiger partial charge in [-0.1, -0.05) is 45.0 Å². The molecule has 2 aliphatic rings. The number of halogens is 1. The van der Waals surface area contributed by atoms with Crippen LogP contribution >= 0.6 is 0 Å². The minimum atomic E-state index is -0.220. The molecule has 33 heavy (non-hydrogen) atoms. The summed E-state index contributed by atoms with van der Waals surface area (Å²) in [5.74, 6) is -0.0515. The highest BCUT2D eigenvalue weighted by Crippen LogP contribution is 2.26. The number of likely N-dealkylation sites (tertiary alicyclic amines) is 1. The Hall–Kier alpha value is -2.89. The minimum absolute atomic E-state index is 0.0415. The second kappa shape index (κ2) is 9.54. The van der Waals surface area contributed by atoms with Gasteiger partial charge in [-0.2, -0.15) is 0 Å². The van der Waals surface area contributed by atoms with E-state index in [2.05, 4.69) is 20.8 Å². The van der Waals surface area contributed by atoms with Crippen LogP contribution in [-0.2, 0) is 10.2 Å². The maximum absolute atomic E-state index is 14.1. The molecule has 0 aliphatic carbocycles. The van der Waals surface area contributed by atoms with Crippen molar-refractivity contribution in [2.24, 2.45) is 5.92 Å². The Morgan fingerprint density at radius 2 is 1.42 bits per heavy atom. The van der Waals surface area contributed by atoms with Crippen LogP contribution in [0.15, 0.2) is 48.5 Å². The smallest absolute Gasteiger partial charge is 0.253 e. The zero-order valence-corrected chi connectivity index (χ0v) is 19.9. The van der Waals surface area contributed by atoms with E-state index in [9.17, 15) is 14.0 Å². The van der Waals surface area contributed by atoms with Gasteiger partial charge in [-0.15, -0.1) is 0 Å². The van der Waals surface area contributed by atoms with Crippen molar-refractivity contribution in [3.63, 3.8) is 0 Å². The average Bonchev–Trinajstić information content (AvgIpc) is 2.83. The predicted octanol–water partition coefficient (Wildman–Crippen LogP) is 4.32. The maximum Gasteiger partial charge on any atom is 0.253 e. The summed E-state index contributed by atoms with van der Waals surface area (Å²) in [5.41, 5.74) is 2.57. The van der Waals surface area contributed by atoms with Gasteiger partial charge in [0.05, 0.1) is 5.69 Å². The number of nitrogens with zero attached hydrogens (tertiary/aromatic N) is 3. The van der Waals surface area contributed by atoms with E-state index in [-0.39, 0.29) is 29.0 Å². The SMILES string of the molecule is CC(C)(C)c1ccc(C(=O)N2CCC(C(=O)N3CCN(c4ccccc4F)CC3)CC2)cc1. The van der Waals surface area contributed by atoms with Crippen LogP contribution in [0.1, 0.15) is 49.5 Å². The lowest BCUT2D eigenvalue weighted by atomic mass is 9.86. The molecule has 0 aromatic heterocycles.